The van der Waals surface area contributed by atoms with Crippen molar-refractivity contribution in [2.45, 2.75) is 51.5 Å². The normalized spacial score (nSPS) is 22.1. The molecule has 0 aromatic heterocycles. The lowest BCUT2D eigenvalue weighted by Gasteiger charge is -2.26. The van der Waals surface area contributed by atoms with Crippen LogP contribution in [0.2, 0.25) is 0 Å². The molecule has 1 aromatic carbocycles. The number of aryl methyl sites for hydroxylation is 1. The highest BCUT2D eigenvalue weighted by Crippen LogP contribution is 2.34. The molecule has 3 unspecified atom stereocenters. The highest BCUT2D eigenvalue weighted by atomic mass is 16.1. The third-order valence-corrected chi connectivity index (χ3v) is 4.24. The molecular weight excluding hydrogens is 222 g/mol. The summed E-state index contributed by atoms with van der Waals surface area (Å²) in [4.78, 5) is 12.2. The van der Waals surface area contributed by atoms with Gasteiger partial charge < -0.3 is 5.73 Å². The molecule has 3 atom stereocenters. The van der Waals surface area contributed by atoms with Crippen LogP contribution in [0.25, 0.3) is 0 Å². The van der Waals surface area contributed by atoms with Crippen LogP contribution in [-0.2, 0) is 11.2 Å². The van der Waals surface area contributed by atoms with Crippen LogP contribution in [0.4, 0.5) is 0 Å². The van der Waals surface area contributed by atoms with Gasteiger partial charge in [-0.15, -0.1) is 0 Å². The molecule has 18 heavy (non-hydrogen) atoms. The lowest BCUT2D eigenvalue weighted by Crippen LogP contribution is -2.31. The number of nitrogens with two attached hydrogens (primary N) is 1. The molecule has 1 aliphatic carbocycles. The molecule has 0 saturated carbocycles. The molecule has 0 amide bonds. The molecule has 0 radical (unpaired) electrons. The molecule has 0 aliphatic heterocycles. The first-order valence-electron chi connectivity index (χ1n) is 6.95. The van der Waals surface area contributed by atoms with Gasteiger partial charge in [-0.1, -0.05) is 31.2 Å². The molecule has 0 spiro atoms. The standard InChI is InChI=1S/C16H23NO/c1-11(12(2)17)16(18)10-14-8-5-7-13-6-3-4-9-15(13)14/h3-4,6,9,11-12,14H,5,7-8,10,17H2,1-2H3. The number of rotatable bonds is 4. The summed E-state index contributed by atoms with van der Waals surface area (Å²) in [6, 6.07) is 8.50. The quantitative estimate of drug-likeness (QED) is 0.886. The van der Waals surface area contributed by atoms with Crippen molar-refractivity contribution < 1.29 is 4.79 Å². The van der Waals surface area contributed by atoms with Crippen LogP contribution in [0.5, 0.6) is 0 Å². The Morgan fingerprint density at radius 1 is 1.39 bits per heavy atom. The molecule has 0 heterocycles. The molecule has 0 bridgehead atoms. The molecule has 2 nitrogen and oxygen atoms in total. The molecule has 2 rings (SSSR count). The second-order valence-corrected chi connectivity index (χ2v) is 5.61. The van der Waals surface area contributed by atoms with Crippen molar-refractivity contribution >= 4 is 5.78 Å². The zero-order valence-corrected chi connectivity index (χ0v) is 11.4. The Bertz CT molecular complexity index is 425. The number of Topliss-reactive ketones (excluding diaryl/α,β-unsaturated/α-hetero) is 1. The maximum atomic E-state index is 12.2. The summed E-state index contributed by atoms with van der Waals surface area (Å²) in [6.45, 7) is 3.86. The van der Waals surface area contributed by atoms with Crippen molar-refractivity contribution in [1.82, 2.24) is 0 Å². The van der Waals surface area contributed by atoms with Gasteiger partial charge in [0.25, 0.3) is 0 Å². The van der Waals surface area contributed by atoms with Gasteiger partial charge >= 0.3 is 0 Å². The van der Waals surface area contributed by atoms with Crippen LogP contribution < -0.4 is 5.73 Å². The number of ketones is 1. The van der Waals surface area contributed by atoms with Crippen molar-refractivity contribution in [3.63, 3.8) is 0 Å². The summed E-state index contributed by atoms with van der Waals surface area (Å²) >= 11 is 0. The monoisotopic (exact) mass is 245 g/mol. The number of fused-ring (bicyclic) bond motifs is 1. The van der Waals surface area contributed by atoms with E-state index < -0.39 is 0 Å². The summed E-state index contributed by atoms with van der Waals surface area (Å²) in [5.74, 6) is 0.689. The van der Waals surface area contributed by atoms with E-state index in [0.717, 1.165) is 12.8 Å². The van der Waals surface area contributed by atoms with E-state index in [9.17, 15) is 4.79 Å². The second kappa shape index (κ2) is 5.66. The highest BCUT2D eigenvalue weighted by molar-refractivity contribution is 5.82. The fourth-order valence-electron chi connectivity index (χ4n) is 2.79. The SMILES string of the molecule is CC(N)C(C)C(=O)CC1CCCc2ccccc21. The lowest BCUT2D eigenvalue weighted by molar-refractivity contribution is -0.123. The average Bonchev–Trinajstić information content (AvgIpc) is 2.38. The Hall–Kier alpha value is -1.15. The van der Waals surface area contributed by atoms with Crippen molar-refractivity contribution in [3.8, 4) is 0 Å². The minimum absolute atomic E-state index is 0.0286. The third-order valence-electron chi connectivity index (χ3n) is 4.24. The highest BCUT2D eigenvalue weighted by Gasteiger charge is 2.25. The van der Waals surface area contributed by atoms with E-state index in [1.807, 2.05) is 13.8 Å². The van der Waals surface area contributed by atoms with E-state index in [4.69, 9.17) is 5.73 Å². The van der Waals surface area contributed by atoms with E-state index in [-0.39, 0.29) is 12.0 Å². The minimum atomic E-state index is -0.0451. The van der Waals surface area contributed by atoms with Gasteiger partial charge in [0.1, 0.15) is 5.78 Å². The summed E-state index contributed by atoms with van der Waals surface area (Å²) < 4.78 is 0. The smallest absolute Gasteiger partial charge is 0.137 e. The summed E-state index contributed by atoms with van der Waals surface area (Å²) in [6.07, 6.45) is 4.14. The lowest BCUT2D eigenvalue weighted by atomic mass is 9.78. The molecule has 1 aliphatic rings. The zero-order chi connectivity index (χ0) is 13.1. The Balaban J connectivity index is 2.10. The van der Waals surface area contributed by atoms with Gasteiger partial charge in [0.05, 0.1) is 0 Å². The number of hydrogen-bond acceptors (Lipinski definition) is 2. The van der Waals surface area contributed by atoms with E-state index in [1.54, 1.807) is 0 Å². The van der Waals surface area contributed by atoms with E-state index >= 15 is 0 Å². The van der Waals surface area contributed by atoms with Crippen LogP contribution in [0.3, 0.4) is 0 Å². The van der Waals surface area contributed by atoms with Crippen molar-refractivity contribution in [1.29, 1.82) is 0 Å². The fourth-order valence-corrected chi connectivity index (χ4v) is 2.79. The third kappa shape index (κ3) is 2.81. The predicted octanol–water partition coefficient (Wildman–Crippen LogP) is 3.05. The van der Waals surface area contributed by atoms with Gasteiger partial charge in [-0.05, 0) is 43.2 Å². The van der Waals surface area contributed by atoms with Gasteiger partial charge in [-0.2, -0.15) is 0 Å². The number of carbonyl (C=O) groups excluding carboxylic acids is 1. The van der Waals surface area contributed by atoms with Gasteiger partial charge in [0.2, 0.25) is 0 Å². The first kappa shape index (κ1) is 13.3. The van der Waals surface area contributed by atoms with Crippen LogP contribution in [0, 0.1) is 5.92 Å². The molecule has 0 saturated heterocycles. The molecule has 2 heteroatoms. The number of carbonyl (C=O) groups is 1. The predicted molar refractivity (Wildman–Crippen MR) is 74.6 cm³/mol. The Morgan fingerprint density at radius 3 is 2.83 bits per heavy atom. The van der Waals surface area contributed by atoms with Gasteiger partial charge in [0, 0.05) is 18.4 Å². The van der Waals surface area contributed by atoms with Gasteiger partial charge in [-0.3, -0.25) is 4.79 Å². The number of benzene rings is 1. The molecule has 1 aromatic rings. The molecule has 2 N–H and O–H groups in total. The van der Waals surface area contributed by atoms with Crippen LogP contribution in [0.15, 0.2) is 24.3 Å². The minimum Gasteiger partial charge on any atom is -0.327 e. The summed E-state index contributed by atoms with van der Waals surface area (Å²) in [5, 5.41) is 0. The average molecular weight is 245 g/mol. The Labute approximate surface area is 110 Å². The first-order chi connectivity index (χ1) is 8.59. The van der Waals surface area contributed by atoms with Crippen LogP contribution >= 0.6 is 0 Å². The molecular formula is C16H23NO. The summed E-state index contributed by atoms with van der Waals surface area (Å²) in [7, 11) is 0. The molecule has 0 fully saturated rings. The van der Waals surface area contributed by atoms with Crippen LogP contribution in [-0.4, -0.2) is 11.8 Å². The Morgan fingerprint density at radius 2 is 2.11 bits per heavy atom. The van der Waals surface area contributed by atoms with E-state index in [1.165, 1.54) is 17.5 Å². The van der Waals surface area contributed by atoms with Crippen molar-refractivity contribution in [2.24, 2.45) is 11.7 Å². The fraction of sp³-hybridized carbons (Fsp3) is 0.562. The number of hydrogen-bond donors (Lipinski definition) is 1. The van der Waals surface area contributed by atoms with Gasteiger partial charge in [-0.25, -0.2) is 0 Å². The topological polar surface area (TPSA) is 43.1 Å². The maximum Gasteiger partial charge on any atom is 0.137 e. The van der Waals surface area contributed by atoms with Crippen molar-refractivity contribution in [3.05, 3.63) is 35.4 Å². The zero-order valence-electron chi connectivity index (χ0n) is 11.4. The second-order valence-electron chi connectivity index (χ2n) is 5.61. The van der Waals surface area contributed by atoms with E-state index in [2.05, 4.69) is 24.3 Å². The summed E-state index contributed by atoms with van der Waals surface area (Å²) in [5.41, 5.74) is 8.62. The van der Waals surface area contributed by atoms with E-state index in [0.29, 0.717) is 18.1 Å². The van der Waals surface area contributed by atoms with Gasteiger partial charge in [0.15, 0.2) is 0 Å². The van der Waals surface area contributed by atoms with Crippen LogP contribution in [0.1, 0.15) is 50.2 Å². The Kier molecular flexibility index (Phi) is 4.18. The first-order valence-corrected chi connectivity index (χ1v) is 6.95. The largest absolute Gasteiger partial charge is 0.327 e. The maximum absolute atomic E-state index is 12.2. The van der Waals surface area contributed by atoms with Crippen molar-refractivity contribution in [2.75, 3.05) is 0 Å². The molecule has 98 valence electrons.